The van der Waals surface area contributed by atoms with Crippen LogP contribution in [0.5, 0.6) is 5.75 Å². The Labute approximate surface area is 140 Å². The van der Waals surface area contributed by atoms with Gasteiger partial charge in [-0.15, -0.1) is 0 Å². The molecule has 0 aromatic heterocycles. The molecule has 124 valence electrons. The van der Waals surface area contributed by atoms with Crippen LogP contribution in [0, 0.1) is 6.92 Å². The number of hydrogen-bond donors (Lipinski definition) is 0. The number of rotatable bonds is 6. The summed E-state index contributed by atoms with van der Waals surface area (Å²) in [6.07, 6.45) is 3.19. The van der Waals surface area contributed by atoms with Gasteiger partial charge in [-0.3, -0.25) is 0 Å². The number of hydrogen-bond acceptors (Lipinski definition) is 6. The summed E-state index contributed by atoms with van der Waals surface area (Å²) in [6, 6.07) is 12.8. The van der Waals surface area contributed by atoms with Crippen molar-refractivity contribution in [2.45, 2.75) is 6.92 Å². The van der Waals surface area contributed by atoms with Crippen molar-refractivity contribution in [2.75, 3.05) is 14.2 Å². The Balaban J connectivity index is 2.13. The van der Waals surface area contributed by atoms with E-state index in [2.05, 4.69) is 15.1 Å². The molecule has 0 aliphatic heterocycles. The predicted octanol–water partition coefficient (Wildman–Crippen LogP) is 3.17. The first-order valence-electron chi connectivity index (χ1n) is 7.20. The normalized spacial score (nSPS) is 11.1. The zero-order valence-corrected chi connectivity index (χ0v) is 13.7. The first-order valence-corrected chi connectivity index (χ1v) is 7.20. The van der Waals surface area contributed by atoms with Crippen molar-refractivity contribution in [3.63, 3.8) is 0 Å². The molecule has 0 bridgehead atoms. The van der Waals surface area contributed by atoms with Gasteiger partial charge in [0.15, 0.2) is 5.75 Å². The van der Waals surface area contributed by atoms with E-state index in [1.165, 1.54) is 26.0 Å². The van der Waals surface area contributed by atoms with E-state index in [0.717, 1.165) is 5.56 Å². The van der Waals surface area contributed by atoms with Gasteiger partial charge < -0.3 is 9.62 Å². The van der Waals surface area contributed by atoms with E-state index in [1.807, 2.05) is 31.2 Å². The molecule has 0 aliphatic rings. The third kappa shape index (κ3) is 4.76. The summed E-state index contributed by atoms with van der Waals surface area (Å²) < 4.78 is 4.72. The van der Waals surface area contributed by atoms with E-state index >= 15 is 0 Å². The lowest BCUT2D eigenvalue weighted by Gasteiger charge is -2.07. The van der Waals surface area contributed by atoms with Gasteiger partial charge in [0, 0.05) is 0 Å². The molecule has 6 nitrogen and oxygen atoms in total. The fraction of sp³-hybridized carbons (Fsp3) is 0.167. The molecule has 0 heterocycles. The molecule has 24 heavy (non-hydrogen) atoms. The highest BCUT2D eigenvalue weighted by atomic mass is 17.2. The SMILES string of the molecule is COOc1ccc(/C=N/N=C/c2ccc(C)cc2)cc1C(=O)OC. The molecule has 0 radical (unpaired) electrons. The van der Waals surface area contributed by atoms with Crippen LogP contribution >= 0.6 is 0 Å². The topological polar surface area (TPSA) is 69.5 Å². The smallest absolute Gasteiger partial charge is 0.341 e. The molecule has 2 rings (SSSR count). The Morgan fingerprint density at radius 2 is 1.58 bits per heavy atom. The lowest BCUT2D eigenvalue weighted by molar-refractivity contribution is -0.178. The molecule has 2 aromatic rings. The van der Waals surface area contributed by atoms with E-state index in [0.29, 0.717) is 5.56 Å². The Bertz CT molecular complexity index is 752. The molecule has 0 aliphatic carbocycles. The number of carbonyl (C=O) groups excluding carboxylic acids is 1. The van der Waals surface area contributed by atoms with E-state index in [-0.39, 0.29) is 11.3 Å². The van der Waals surface area contributed by atoms with Crippen LogP contribution < -0.4 is 4.89 Å². The molecule has 6 heteroatoms. The van der Waals surface area contributed by atoms with Crippen molar-refractivity contribution in [1.29, 1.82) is 0 Å². The third-order valence-electron chi connectivity index (χ3n) is 3.14. The maximum Gasteiger partial charge on any atom is 0.341 e. The Morgan fingerprint density at radius 3 is 2.21 bits per heavy atom. The molecule has 0 unspecified atom stereocenters. The predicted molar refractivity (Wildman–Crippen MR) is 91.8 cm³/mol. The quantitative estimate of drug-likeness (QED) is 0.354. The lowest BCUT2D eigenvalue weighted by Crippen LogP contribution is -2.06. The monoisotopic (exact) mass is 326 g/mol. The maximum atomic E-state index is 11.8. The number of ether oxygens (including phenoxy) is 1. The first-order chi connectivity index (χ1) is 11.6. The number of aryl methyl sites for hydroxylation is 1. The van der Waals surface area contributed by atoms with Gasteiger partial charge in [-0.25, -0.2) is 4.79 Å². The molecule has 0 fully saturated rings. The van der Waals surface area contributed by atoms with Crippen LogP contribution in [-0.4, -0.2) is 32.6 Å². The zero-order chi connectivity index (χ0) is 17.4. The van der Waals surface area contributed by atoms with Crippen molar-refractivity contribution in [3.8, 4) is 5.75 Å². The molecule has 0 atom stereocenters. The van der Waals surface area contributed by atoms with Crippen LogP contribution in [0.25, 0.3) is 0 Å². The Morgan fingerprint density at radius 1 is 0.958 bits per heavy atom. The highest BCUT2D eigenvalue weighted by Gasteiger charge is 2.14. The molecular formula is C18H18N2O4. The molecule has 0 saturated carbocycles. The standard InChI is InChI=1S/C18H18N2O4/c1-13-4-6-14(7-5-13)11-19-20-12-15-8-9-17(24-23-3)16(10-15)18(21)22-2/h4-12H,1-3H3/b19-11+,20-12+. The second kappa shape index (κ2) is 8.59. The number of nitrogens with zero attached hydrogens (tertiary/aromatic N) is 2. The molecule has 0 amide bonds. The molecular weight excluding hydrogens is 308 g/mol. The summed E-state index contributed by atoms with van der Waals surface area (Å²) >= 11 is 0. The molecule has 0 N–H and O–H groups in total. The van der Waals surface area contributed by atoms with Crippen LogP contribution in [0.2, 0.25) is 0 Å². The Hall–Kier alpha value is -2.99. The lowest BCUT2D eigenvalue weighted by atomic mass is 10.1. The highest BCUT2D eigenvalue weighted by molar-refractivity contribution is 5.95. The van der Waals surface area contributed by atoms with Gasteiger partial charge in [0.2, 0.25) is 0 Å². The van der Waals surface area contributed by atoms with Gasteiger partial charge in [-0.2, -0.15) is 15.1 Å². The van der Waals surface area contributed by atoms with Crippen molar-refractivity contribution in [1.82, 2.24) is 0 Å². The second-order valence-electron chi connectivity index (χ2n) is 4.90. The fourth-order valence-electron chi connectivity index (χ4n) is 1.91. The fourth-order valence-corrected chi connectivity index (χ4v) is 1.91. The molecule has 2 aromatic carbocycles. The number of esters is 1. The summed E-state index contributed by atoms with van der Waals surface area (Å²) in [5, 5.41) is 7.97. The van der Waals surface area contributed by atoms with Crippen LogP contribution in [-0.2, 0) is 9.62 Å². The second-order valence-corrected chi connectivity index (χ2v) is 4.90. The average molecular weight is 326 g/mol. The van der Waals surface area contributed by atoms with Crippen LogP contribution in [0.15, 0.2) is 52.7 Å². The van der Waals surface area contributed by atoms with E-state index < -0.39 is 5.97 Å². The first kappa shape index (κ1) is 17.4. The van der Waals surface area contributed by atoms with Crippen molar-refractivity contribution < 1.29 is 19.3 Å². The number of benzene rings is 2. The van der Waals surface area contributed by atoms with Crippen molar-refractivity contribution in [2.24, 2.45) is 10.2 Å². The minimum atomic E-state index is -0.527. The van der Waals surface area contributed by atoms with Gasteiger partial charge in [-0.05, 0) is 36.2 Å². The molecule has 0 saturated heterocycles. The summed E-state index contributed by atoms with van der Waals surface area (Å²) in [5.41, 5.74) is 3.06. The van der Waals surface area contributed by atoms with E-state index in [9.17, 15) is 4.79 Å². The van der Waals surface area contributed by atoms with Gasteiger partial charge in [0.05, 0.1) is 26.6 Å². The zero-order valence-electron chi connectivity index (χ0n) is 13.7. The molecule has 0 spiro atoms. The summed E-state index contributed by atoms with van der Waals surface area (Å²) in [6.45, 7) is 2.02. The summed E-state index contributed by atoms with van der Waals surface area (Å²) in [4.78, 5) is 21.3. The highest BCUT2D eigenvalue weighted by Crippen LogP contribution is 2.20. The Kier molecular flexibility index (Phi) is 6.22. The van der Waals surface area contributed by atoms with Crippen molar-refractivity contribution >= 4 is 18.4 Å². The van der Waals surface area contributed by atoms with Gasteiger partial charge >= 0.3 is 5.97 Å². The van der Waals surface area contributed by atoms with E-state index in [4.69, 9.17) is 9.62 Å². The van der Waals surface area contributed by atoms with Gasteiger partial charge in [0.1, 0.15) is 5.56 Å². The van der Waals surface area contributed by atoms with Crippen LogP contribution in [0.3, 0.4) is 0 Å². The van der Waals surface area contributed by atoms with Crippen LogP contribution in [0.1, 0.15) is 27.0 Å². The van der Waals surface area contributed by atoms with Crippen molar-refractivity contribution in [3.05, 3.63) is 64.7 Å². The summed E-state index contributed by atoms with van der Waals surface area (Å²) in [7, 11) is 2.65. The van der Waals surface area contributed by atoms with Gasteiger partial charge in [0.25, 0.3) is 0 Å². The van der Waals surface area contributed by atoms with Crippen LogP contribution in [0.4, 0.5) is 0 Å². The average Bonchev–Trinajstić information content (AvgIpc) is 2.61. The van der Waals surface area contributed by atoms with Gasteiger partial charge in [-0.1, -0.05) is 29.8 Å². The minimum Gasteiger partial charge on any atom is -0.465 e. The minimum absolute atomic E-state index is 0.241. The number of methoxy groups -OCH3 is 1. The summed E-state index contributed by atoms with van der Waals surface area (Å²) in [5.74, 6) is -0.259. The maximum absolute atomic E-state index is 11.8. The van der Waals surface area contributed by atoms with E-state index in [1.54, 1.807) is 24.4 Å². The third-order valence-corrected chi connectivity index (χ3v) is 3.14. The number of carbonyl (C=O) groups is 1. The largest absolute Gasteiger partial charge is 0.465 e.